The Morgan fingerprint density at radius 3 is 2.74 bits per heavy atom. The van der Waals surface area contributed by atoms with Crippen molar-refractivity contribution in [2.75, 3.05) is 11.9 Å². The molecule has 2 aromatic rings. The number of halogens is 2. The Morgan fingerprint density at radius 1 is 1.21 bits per heavy atom. The number of hydrogen-bond donors (Lipinski definition) is 1. The molecule has 0 aliphatic rings. The molecular formula is C14H14Cl2N2O. The average Bonchev–Trinajstić information content (AvgIpc) is 2.38. The van der Waals surface area contributed by atoms with Gasteiger partial charge in [-0.3, -0.25) is 4.79 Å². The van der Waals surface area contributed by atoms with E-state index in [0.717, 1.165) is 11.3 Å². The average molecular weight is 297 g/mol. The van der Waals surface area contributed by atoms with Crippen molar-refractivity contribution in [3.05, 3.63) is 62.5 Å². The number of anilines is 1. The Bertz CT molecular complexity index is 638. The minimum absolute atomic E-state index is 0.0164. The second kappa shape index (κ2) is 6.13. The van der Waals surface area contributed by atoms with Crippen molar-refractivity contribution >= 4 is 28.9 Å². The molecule has 1 aromatic carbocycles. The van der Waals surface area contributed by atoms with Crippen LogP contribution in [0.1, 0.15) is 5.56 Å². The summed E-state index contributed by atoms with van der Waals surface area (Å²) in [5.41, 5.74) is 1.70. The Labute approximate surface area is 121 Å². The molecule has 0 unspecified atom stereocenters. The number of aromatic nitrogens is 1. The van der Waals surface area contributed by atoms with E-state index in [4.69, 9.17) is 23.2 Å². The number of aryl methyl sites for hydroxylation is 1. The number of rotatable bonds is 4. The molecule has 0 aliphatic carbocycles. The van der Waals surface area contributed by atoms with Gasteiger partial charge in [-0.05, 0) is 30.7 Å². The molecule has 0 amide bonds. The van der Waals surface area contributed by atoms with Crippen LogP contribution in [0.25, 0.3) is 0 Å². The first-order chi connectivity index (χ1) is 9.08. The van der Waals surface area contributed by atoms with Crippen LogP contribution in [0.4, 0.5) is 5.69 Å². The lowest BCUT2D eigenvalue weighted by Crippen LogP contribution is -2.22. The molecule has 0 bridgehead atoms. The minimum Gasteiger partial charge on any atom is -0.382 e. The maximum atomic E-state index is 11.5. The highest BCUT2D eigenvalue weighted by Gasteiger charge is 2.04. The van der Waals surface area contributed by atoms with Crippen LogP contribution in [-0.4, -0.2) is 11.1 Å². The summed E-state index contributed by atoms with van der Waals surface area (Å²) in [5.74, 6) is 0. The maximum absolute atomic E-state index is 11.5. The van der Waals surface area contributed by atoms with Gasteiger partial charge in [0, 0.05) is 30.4 Å². The molecule has 1 aromatic heterocycles. The third-order valence-corrected chi connectivity index (χ3v) is 3.54. The minimum atomic E-state index is -0.0164. The van der Waals surface area contributed by atoms with Crippen molar-refractivity contribution in [1.82, 2.24) is 4.57 Å². The van der Waals surface area contributed by atoms with Gasteiger partial charge in [0.2, 0.25) is 0 Å². The number of pyridine rings is 1. The molecule has 0 spiro atoms. The van der Waals surface area contributed by atoms with Crippen LogP contribution in [0.5, 0.6) is 0 Å². The zero-order valence-corrected chi connectivity index (χ0v) is 12.0. The Balaban J connectivity index is 2.02. The molecule has 0 fully saturated rings. The van der Waals surface area contributed by atoms with Crippen LogP contribution in [0.3, 0.4) is 0 Å². The van der Waals surface area contributed by atoms with Gasteiger partial charge in [0.05, 0.1) is 10.7 Å². The van der Waals surface area contributed by atoms with Gasteiger partial charge in [0.25, 0.3) is 5.56 Å². The first-order valence-corrected chi connectivity index (χ1v) is 6.68. The standard InChI is InChI=1S/C14H14Cl2N2O/c1-10-8-12(16)13(9-11(10)15)17-5-7-18-6-3-2-4-14(18)19/h2-4,6,8-9,17H,5,7H2,1H3. The first kappa shape index (κ1) is 14.0. The Morgan fingerprint density at radius 2 is 2.00 bits per heavy atom. The van der Waals surface area contributed by atoms with Gasteiger partial charge in [0.1, 0.15) is 0 Å². The van der Waals surface area contributed by atoms with Crippen molar-refractivity contribution < 1.29 is 0 Å². The molecular weight excluding hydrogens is 283 g/mol. The van der Waals surface area contributed by atoms with E-state index < -0.39 is 0 Å². The molecule has 1 N–H and O–H groups in total. The van der Waals surface area contributed by atoms with Crippen molar-refractivity contribution in [1.29, 1.82) is 0 Å². The molecule has 2 rings (SSSR count). The van der Waals surface area contributed by atoms with Crippen LogP contribution < -0.4 is 10.9 Å². The number of benzene rings is 1. The van der Waals surface area contributed by atoms with Crippen LogP contribution >= 0.6 is 23.2 Å². The van der Waals surface area contributed by atoms with Gasteiger partial charge in [0.15, 0.2) is 0 Å². The Kier molecular flexibility index (Phi) is 4.51. The summed E-state index contributed by atoms with van der Waals surface area (Å²) in [6.45, 7) is 3.08. The lowest BCUT2D eigenvalue weighted by atomic mass is 10.2. The van der Waals surface area contributed by atoms with E-state index in [2.05, 4.69) is 5.32 Å². The predicted molar refractivity (Wildman–Crippen MR) is 80.4 cm³/mol. The summed E-state index contributed by atoms with van der Waals surface area (Å²) in [6.07, 6.45) is 1.76. The third-order valence-electron chi connectivity index (χ3n) is 2.82. The molecule has 0 saturated heterocycles. The van der Waals surface area contributed by atoms with Crippen LogP contribution in [0, 0.1) is 6.92 Å². The summed E-state index contributed by atoms with van der Waals surface area (Å²) < 4.78 is 1.64. The molecule has 19 heavy (non-hydrogen) atoms. The molecule has 0 aliphatic heterocycles. The molecule has 100 valence electrons. The van der Waals surface area contributed by atoms with E-state index in [1.54, 1.807) is 22.9 Å². The second-order valence-electron chi connectivity index (χ2n) is 4.24. The zero-order valence-electron chi connectivity index (χ0n) is 10.5. The number of hydrogen-bond acceptors (Lipinski definition) is 2. The summed E-state index contributed by atoms with van der Waals surface area (Å²) in [7, 11) is 0. The highest BCUT2D eigenvalue weighted by atomic mass is 35.5. The van der Waals surface area contributed by atoms with Crippen LogP contribution in [0.2, 0.25) is 10.0 Å². The maximum Gasteiger partial charge on any atom is 0.250 e. The first-order valence-electron chi connectivity index (χ1n) is 5.93. The summed E-state index contributed by atoms with van der Waals surface area (Å²) in [5, 5.41) is 4.48. The van der Waals surface area contributed by atoms with Crippen molar-refractivity contribution in [3.63, 3.8) is 0 Å². The normalized spacial score (nSPS) is 10.5. The second-order valence-corrected chi connectivity index (χ2v) is 5.05. The third kappa shape index (κ3) is 3.52. The van der Waals surface area contributed by atoms with Crippen LogP contribution in [0.15, 0.2) is 41.3 Å². The van der Waals surface area contributed by atoms with Gasteiger partial charge in [-0.2, -0.15) is 0 Å². The fourth-order valence-electron chi connectivity index (χ4n) is 1.74. The number of nitrogens with zero attached hydrogens (tertiary/aromatic N) is 1. The van der Waals surface area contributed by atoms with E-state index >= 15 is 0 Å². The topological polar surface area (TPSA) is 34.0 Å². The van der Waals surface area contributed by atoms with Gasteiger partial charge in [-0.1, -0.05) is 29.3 Å². The van der Waals surface area contributed by atoms with E-state index in [-0.39, 0.29) is 5.56 Å². The Hall–Kier alpha value is -1.45. The largest absolute Gasteiger partial charge is 0.382 e. The lowest BCUT2D eigenvalue weighted by molar-refractivity contribution is 0.697. The highest BCUT2D eigenvalue weighted by Crippen LogP contribution is 2.28. The zero-order chi connectivity index (χ0) is 13.8. The molecule has 0 radical (unpaired) electrons. The summed E-state index contributed by atoms with van der Waals surface area (Å²) in [4.78, 5) is 11.5. The monoisotopic (exact) mass is 296 g/mol. The lowest BCUT2D eigenvalue weighted by Gasteiger charge is -2.11. The number of nitrogens with one attached hydrogen (secondary N) is 1. The van der Waals surface area contributed by atoms with E-state index in [1.165, 1.54) is 6.07 Å². The fraction of sp³-hybridized carbons (Fsp3) is 0.214. The molecule has 0 saturated carbocycles. The van der Waals surface area contributed by atoms with Crippen molar-refractivity contribution in [3.8, 4) is 0 Å². The van der Waals surface area contributed by atoms with Crippen LogP contribution in [-0.2, 0) is 6.54 Å². The van der Waals surface area contributed by atoms with Gasteiger partial charge in [-0.25, -0.2) is 0 Å². The van der Waals surface area contributed by atoms with E-state index in [1.807, 2.05) is 19.1 Å². The van der Waals surface area contributed by atoms with Gasteiger partial charge < -0.3 is 9.88 Å². The fourth-order valence-corrected chi connectivity index (χ4v) is 2.19. The molecule has 3 nitrogen and oxygen atoms in total. The molecule has 1 heterocycles. The summed E-state index contributed by atoms with van der Waals surface area (Å²) >= 11 is 12.2. The van der Waals surface area contributed by atoms with E-state index in [0.29, 0.717) is 23.1 Å². The highest BCUT2D eigenvalue weighted by molar-refractivity contribution is 6.35. The molecule has 5 heteroatoms. The predicted octanol–water partition coefficient (Wildman–Crippen LogP) is 3.58. The smallest absolute Gasteiger partial charge is 0.250 e. The van der Waals surface area contributed by atoms with Crippen molar-refractivity contribution in [2.24, 2.45) is 0 Å². The van der Waals surface area contributed by atoms with Gasteiger partial charge >= 0.3 is 0 Å². The SMILES string of the molecule is Cc1cc(Cl)c(NCCn2ccccc2=O)cc1Cl. The van der Waals surface area contributed by atoms with Gasteiger partial charge in [-0.15, -0.1) is 0 Å². The quantitative estimate of drug-likeness (QED) is 0.936. The molecule has 0 atom stereocenters. The van der Waals surface area contributed by atoms with Crippen molar-refractivity contribution in [2.45, 2.75) is 13.5 Å². The summed E-state index contributed by atoms with van der Waals surface area (Å²) in [6, 6.07) is 8.71. The van der Waals surface area contributed by atoms with E-state index in [9.17, 15) is 4.79 Å².